The monoisotopic (exact) mass is 488 g/mol. The first-order valence-electron chi connectivity index (χ1n) is 10.3. The molecule has 0 aliphatic heterocycles. The van der Waals surface area contributed by atoms with Gasteiger partial charge in [-0.1, -0.05) is 19.9 Å². The number of alkyl halides is 2. The summed E-state index contributed by atoms with van der Waals surface area (Å²) in [5.74, 6) is -3.35. The number of halogens is 3. The Bertz CT molecular complexity index is 889. The molecule has 0 aromatic rings. The molecule has 30 heavy (non-hydrogen) atoms. The molecule has 0 spiro atoms. The number of rotatable bonds is 2. The van der Waals surface area contributed by atoms with Crippen molar-refractivity contribution in [1.82, 2.24) is 0 Å². The smallest absolute Gasteiger partial charge is 0.192 e. The average molecular weight is 489 g/mol. The van der Waals surface area contributed by atoms with E-state index < -0.39 is 70.3 Å². The van der Waals surface area contributed by atoms with Gasteiger partial charge in [-0.25, -0.2) is 8.78 Å². The van der Waals surface area contributed by atoms with Crippen LogP contribution in [0.25, 0.3) is 0 Å². The molecule has 5 nitrogen and oxygen atoms in total. The largest absolute Gasteiger partial charge is 0.390 e. The maximum Gasteiger partial charge on any atom is 0.192 e. The summed E-state index contributed by atoms with van der Waals surface area (Å²) in [6.45, 7) is 3.94. The molecule has 0 aromatic carbocycles. The van der Waals surface area contributed by atoms with Gasteiger partial charge in [-0.15, -0.1) is 0 Å². The second kappa shape index (κ2) is 6.53. The molecule has 4 rings (SSSR count). The molecule has 166 valence electrons. The van der Waals surface area contributed by atoms with E-state index in [9.17, 15) is 24.9 Å². The number of Topliss-reactive ketones (excluding diaryl/α,β-unsaturated/α-hetero) is 1. The van der Waals surface area contributed by atoms with Crippen molar-refractivity contribution in [2.45, 2.75) is 63.6 Å². The fourth-order valence-corrected chi connectivity index (χ4v) is 7.88. The molecule has 3 saturated carbocycles. The van der Waals surface area contributed by atoms with E-state index in [0.717, 1.165) is 6.08 Å². The van der Waals surface area contributed by atoms with Gasteiger partial charge in [0, 0.05) is 16.7 Å². The zero-order valence-electron chi connectivity index (χ0n) is 17.2. The fourth-order valence-electron chi connectivity index (χ4n) is 7.31. The molecule has 8 heteroatoms. The number of aliphatic hydroxyl groups is 3. The molecule has 9 atom stereocenters. The summed E-state index contributed by atoms with van der Waals surface area (Å²) < 4.78 is 32.5. The topological polar surface area (TPSA) is 94.8 Å². The number of fused-ring (bicyclic) bond motifs is 5. The summed E-state index contributed by atoms with van der Waals surface area (Å²) in [6.07, 6.45) is -0.892. The van der Waals surface area contributed by atoms with Crippen LogP contribution in [0.2, 0.25) is 0 Å². The van der Waals surface area contributed by atoms with Crippen molar-refractivity contribution in [3.63, 3.8) is 0 Å². The summed E-state index contributed by atoms with van der Waals surface area (Å²) in [6, 6.07) is 0. The molecule has 0 amide bonds. The number of hydrogen-bond acceptors (Lipinski definition) is 5. The first kappa shape index (κ1) is 22.2. The lowest BCUT2D eigenvalue weighted by molar-refractivity contribution is -0.223. The second-order valence-electron chi connectivity index (χ2n) is 9.96. The van der Waals surface area contributed by atoms with Gasteiger partial charge >= 0.3 is 0 Å². The average Bonchev–Trinajstić information content (AvgIpc) is 2.87. The lowest BCUT2D eigenvalue weighted by Crippen LogP contribution is -2.70. The Morgan fingerprint density at radius 2 is 1.93 bits per heavy atom. The van der Waals surface area contributed by atoms with Gasteiger partial charge in [-0.2, -0.15) is 0 Å². The van der Waals surface area contributed by atoms with Crippen LogP contribution >= 0.6 is 15.9 Å². The van der Waals surface area contributed by atoms with E-state index in [-0.39, 0.29) is 29.3 Å². The minimum atomic E-state index is -2.28. The van der Waals surface area contributed by atoms with Gasteiger partial charge in [-0.05, 0) is 65.6 Å². The van der Waals surface area contributed by atoms with Gasteiger partial charge in [0.2, 0.25) is 0 Å². The van der Waals surface area contributed by atoms with E-state index >= 15 is 8.78 Å². The van der Waals surface area contributed by atoms with Gasteiger partial charge in [0.15, 0.2) is 17.2 Å². The van der Waals surface area contributed by atoms with Crippen LogP contribution < -0.4 is 0 Å². The van der Waals surface area contributed by atoms with Crippen molar-refractivity contribution in [2.24, 2.45) is 28.6 Å². The highest BCUT2D eigenvalue weighted by Crippen LogP contribution is 2.71. The summed E-state index contributed by atoms with van der Waals surface area (Å²) in [5.41, 5.74) is -6.96. The van der Waals surface area contributed by atoms with Crippen LogP contribution in [-0.2, 0) is 9.59 Å². The van der Waals surface area contributed by atoms with Crippen LogP contribution in [-0.4, -0.2) is 57.0 Å². The SMILES string of the molecule is CC1C[C@H]2[C@@H]3CC(F)C4=CC(=O)C(Br)=C[C@]4(C)[C@@]3(F)C(O)C[C@]2(C)[C@@]1(O)C(=O)CO. The Balaban J connectivity index is 1.89. The maximum absolute atomic E-state index is 17.0. The second-order valence-corrected chi connectivity index (χ2v) is 10.8. The molecular formula is C22H27BrF2O5. The molecule has 3 fully saturated rings. The highest BCUT2D eigenvalue weighted by Gasteiger charge is 2.76. The van der Waals surface area contributed by atoms with Gasteiger partial charge in [0.1, 0.15) is 18.4 Å². The van der Waals surface area contributed by atoms with Gasteiger partial charge < -0.3 is 15.3 Å². The maximum atomic E-state index is 17.0. The highest BCUT2D eigenvalue weighted by atomic mass is 79.9. The lowest BCUT2D eigenvalue weighted by Gasteiger charge is -2.63. The predicted molar refractivity (Wildman–Crippen MR) is 108 cm³/mol. The molecule has 3 N–H and O–H groups in total. The first-order valence-corrected chi connectivity index (χ1v) is 11.1. The predicted octanol–water partition coefficient (Wildman–Crippen LogP) is 2.57. The Hall–Kier alpha value is -0.960. The molecule has 3 unspecified atom stereocenters. The van der Waals surface area contributed by atoms with E-state index in [1.54, 1.807) is 13.8 Å². The van der Waals surface area contributed by atoms with Crippen molar-refractivity contribution in [1.29, 1.82) is 0 Å². The van der Waals surface area contributed by atoms with Crippen molar-refractivity contribution in [2.75, 3.05) is 6.61 Å². The Morgan fingerprint density at radius 1 is 1.30 bits per heavy atom. The van der Waals surface area contributed by atoms with Crippen LogP contribution in [0, 0.1) is 28.6 Å². The van der Waals surface area contributed by atoms with Gasteiger partial charge in [0.25, 0.3) is 0 Å². The van der Waals surface area contributed by atoms with E-state index in [2.05, 4.69) is 15.9 Å². The van der Waals surface area contributed by atoms with Crippen LogP contribution in [0.3, 0.4) is 0 Å². The van der Waals surface area contributed by atoms with Crippen molar-refractivity contribution in [3.8, 4) is 0 Å². The minimum absolute atomic E-state index is 0.0184. The van der Waals surface area contributed by atoms with Gasteiger partial charge in [0.05, 0.1) is 10.6 Å². The van der Waals surface area contributed by atoms with Crippen molar-refractivity contribution >= 4 is 27.5 Å². The Kier molecular flexibility index (Phi) is 4.84. The molecule has 4 aliphatic carbocycles. The number of ketones is 2. The number of allylic oxidation sites excluding steroid dienone is 4. The number of carbonyl (C=O) groups excluding carboxylic acids is 2. The van der Waals surface area contributed by atoms with Crippen LogP contribution in [0.4, 0.5) is 8.78 Å². The van der Waals surface area contributed by atoms with E-state index in [1.165, 1.54) is 13.0 Å². The van der Waals surface area contributed by atoms with E-state index in [0.29, 0.717) is 0 Å². The minimum Gasteiger partial charge on any atom is -0.390 e. The first-order chi connectivity index (χ1) is 13.8. The van der Waals surface area contributed by atoms with Crippen LogP contribution in [0.1, 0.15) is 40.0 Å². The molecule has 0 aromatic heterocycles. The zero-order valence-corrected chi connectivity index (χ0v) is 18.7. The third-order valence-electron chi connectivity index (χ3n) is 8.84. The standard InChI is InChI=1S/C22H27BrF2O5/c1-10-4-11-12-5-15(24)13-6-16(27)14(23)7-19(13,2)21(12,25)17(28)8-20(11,3)22(10,30)18(29)9-26/h6-7,10-12,15,17,26,28,30H,4-5,8-9H2,1-3H3/t10?,11-,12-,15?,17?,19-,20-,21-,22-/m0/s1. The fraction of sp³-hybridized carbons (Fsp3) is 0.727. The summed E-state index contributed by atoms with van der Waals surface area (Å²) in [4.78, 5) is 24.7. The Morgan fingerprint density at radius 3 is 2.53 bits per heavy atom. The number of carbonyl (C=O) groups is 2. The molecule has 0 bridgehead atoms. The quantitative estimate of drug-likeness (QED) is 0.555. The van der Waals surface area contributed by atoms with Crippen LogP contribution in [0.5, 0.6) is 0 Å². The Labute approximate surface area is 182 Å². The molecule has 0 heterocycles. The third-order valence-corrected chi connectivity index (χ3v) is 9.46. The number of aliphatic hydroxyl groups excluding tert-OH is 2. The van der Waals surface area contributed by atoms with Crippen molar-refractivity contribution < 1.29 is 33.7 Å². The summed E-state index contributed by atoms with van der Waals surface area (Å²) >= 11 is 3.14. The van der Waals surface area contributed by atoms with Gasteiger partial charge in [-0.3, -0.25) is 9.59 Å². The molecule has 0 saturated heterocycles. The summed E-state index contributed by atoms with van der Waals surface area (Å²) in [5, 5.41) is 32.0. The molecule has 0 radical (unpaired) electrons. The van der Waals surface area contributed by atoms with Crippen molar-refractivity contribution in [3.05, 3.63) is 22.2 Å². The normalized spacial score (nSPS) is 52.7. The lowest BCUT2D eigenvalue weighted by atomic mass is 9.44. The third kappa shape index (κ3) is 2.31. The highest BCUT2D eigenvalue weighted by molar-refractivity contribution is 9.12. The molecular weight excluding hydrogens is 462 g/mol. The van der Waals surface area contributed by atoms with Crippen LogP contribution in [0.15, 0.2) is 22.2 Å². The zero-order chi connectivity index (χ0) is 22.4. The number of hydrogen-bond donors (Lipinski definition) is 3. The van der Waals surface area contributed by atoms with E-state index in [4.69, 9.17) is 0 Å². The summed E-state index contributed by atoms with van der Waals surface area (Å²) in [7, 11) is 0. The van der Waals surface area contributed by atoms with E-state index in [1.807, 2.05) is 0 Å². The molecule has 4 aliphatic rings.